The van der Waals surface area contributed by atoms with Crippen molar-refractivity contribution in [2.45, 2.75) is 26.8 Å². The molecule has 1 atom stereocenters. The summed E-state index contributed by atoms with van der Waals surface area (Å²) in [5.41, 5.74) is 3.58. The van der Waals surface area contributed by atoms with Gasteiger partial charge in [0.25, 0.3) is 0 Å². The largest absolute Gasteiger partial charge is 0.383 e. The quantitative estimate of drug-likeness (QED) is 0.777. The van der Waals surface area contributed by atoms with Gasteiger partial charge >= 0.3 is 0 Å². The number of halogens is 1. The van der Waals surface area contributed by atoms with Crippen LogP contribution < -0.4 is 5.32 Å². The predicted octanol–water partition coefficient (Wildman–Crippen LogP) is 4.16. The van der Waals surface area contributed by atoms with Gasteiger partial charge in [-0.25, -0.2) is 4.98 Å². The second kappa shape index (κ2) is 7.49. The molecule has 1 aromatic carbocycles. The highest BCUT2D eigenvalue weighted by molar-refractivity contribution is 9.10. The molecule has 3 nitrogen and oxygen atoms in total. The van der Waals surface area contributed by atoms with Crippen LogP contribution in [0, 0.1) is 20.8 Å². The van der Waals surface area contributed by atoms with Crippen molar-refractivity contribution < 1.29 is 4.74 Å². The zero-order valence-electron chi connectivity index (χ0n) is 12.9. The van der Waals surface area contributed by atoms with Crippen LogP contribution in [0.25, 0.3) is 0 Å². The van der Waals surface area contributed by atoms with Gasteiger partial charge in [0.1, 0.15) is 5.01 Å². The molecule has 5 heteroatoms. The summed E-state index contributed by atoms with van der Waals surface area (Å²) in [4.78, 5) is 6.00. The third-order valence-corrected chi connectivity index (χ3v) is 5.49. The average Bonchev–Trinajstić information content (AvgIpc) is 2.78. The Morgan fingerprint density at radius 1 is 1.33 bits per heavy atom. The lowest BCUT2D eigenvalue weighted by molar-refractivity contribution is 0.197. The maximum absolute atomic E-state index is 5.15. The first-order valence-electron chi connectivity index (χ1n) is 6.95. The number of hydrogen-bond acceptors (Lipinski definition) is 4. The highest BCUT2D eigenvalue weighted by Crippen LogP contribution is 2.30. The van der Waals surface area contributed by atoms with Gasteiger partial charge in [0, 0.05) is 23.0 Å². The van der Waals surface area contributed by atoms with Crippen LogP contribution >= 0.6 is 27.3 Å². The van der Waals surface area contributed by atoms with Gasteiger partial charge in [-0.05, 0) is 38.0 Å². The van der Waals surface area contributed by atoms with Crippen molar-refractivity contribution in [3.63, 3.8) is 0 Å². The SMILES string of the molecule is COCCNC(c1ccc(Br)c(C)c1)c1nc(C)c(C)s1. The molecule has 0 radical (unpaired) electrons. The Morgan fingerprint density at radius 2 is 2.10 bits per heavy atom. The van der Waals surface area contributed by atoms with Gasteiger partial charge < -0.3 is 10.1 Å². The topological polar surface area (TPSA) is 34.1 Å². The van der Waals surface area contributed by atoms with Crippen LogP contribution in [-0.4, -0.2) is 25.2 Å². The standard InChI is InChI=1S/C16H21BrN2OS/c1-10-9-13(5-6-14(10)17)15(18-7-8-20-4)16-19-11(2)12(3)21-16/h5-6,9,15,18H,7-8H2,1-4H3. The lowest BCUT2D eigenvalue weighted by Crippen LogP contribution is -2.26. The van der Waals surface area contributed by atoms with Gasteiger partial charge in [-0.3, -0.25) is 0 Å². The molecule has 0 fully saturated rings. The number of aromatic nitrogens is 1. The Kier molecular flexibility index (Phi) is 5.93. The van der Waals surface area contributed by atoms with Crippen molar-refractivity contribution in [2.24, 2.45) is 0 Å². The molecule has 0 aliphatic rings. The Bertz CT molecular complexity index is 593. The molecule has 1 N–H and O–H groups in total. The van der Waals surface area contributed by atoms with Crippen molar-refractivity contribution in [3.8, 4) is 0 Å². The number of nitrogens with one attached hydrogen (secondary N) is 1. The first-order chi connectivity index (χ1) is 10.0. The van der Waals surface area contributed by atoms with E-state index in [4.69, 9.17) is 9.72 Å². The van der Waals surface area contributed by atoms with Gasteiger partial charge in [0.2, 0.25) is 0 Å². The number of benzene rings is 1. The van der Waals surface area contributed by atoms with E-state index in [1.165, 1.54) is 16.0 Å². The number of rotatable bonds is 6. The van der Waals surface area contributed by atoms with Crippen LogP contribution in [0.15, 0.2) is 22.7 Å². The summed E-state index contributed by atoms with van der Waals surface area (Å²) in [6, 6.07) is 6.57. The predicted molar refractivity (Wildman–Crippen MR) is 92.2 cm³/mol. The summed E-state index contributed by atoms with van der Waals surface area (Å²) in [6.45, 7) is 7.78. The number of nitrogens with zero attached hydrogens (tertiary/aromatic N) is 1. The number of hydrogen-bond donors (Lipinski definition) is 1. The molecule has 0 saturated carbocycles. The minimum Gasteiger partial charge on any atom is -0.383 e. The fraction of sp³-hybridized carbons (Fsp3) is 0.438. The monoisotopic (exact) mass is 368 g/mol. The Balaban J connectivity index is 2.32. The smallest absolute Gasteiger partial charge is 0.115 e. The van der Waals surface area contributed by atoms with Crippen molar-refractivity contribution in [3.05, 3.63) is 49.4 Å². The van der Waals surface area contributed by atoms with E-state index in [0.717, 1.165) is 21.7 Å². The Morgan fingerprint density at radius 3 is 2.67 bits per heavy atom. The third-order valence-electron chi connectivity index (χ3n) is 3.46. The molecule has 21 heavy (non-hydrogen) atoms. The summed E-state index contributed by atoms with van der Waals surface area (Å²) in [6.07, 6.45) is 0. The molecule has 0 amide bonds. The molecule has 1 aromatic heterocycles. The zero-order chi connectivity index (χ0) is 15.4. The minimum absolute atomic E-state index is 0.115. The van der Waals surface area contributed by atoms with E-state index in [1.54, 1.807) is 18.4 Å². The highest BCUT2D eigenvalue weighted by atomic mass is 79.9. The van der Waals surface area contributed by atoms with Crippen LogP contribution in [0.1, 0.15) is 32.7 Å². The molecule has 2 aromatic rings. The van der Waals surface area contributed by atoms with E-state index in [9.17, 15) is 0 Å². The maximum Gasteiger partial charge on any atom is 0.115 e. The third kappa shape index (κ3) is 4.13. The number of ether oxygens (including phenoxy) is 1. The van der Waals surface area contributed by atoms with Gasteiger partial charge in [-0.1, -0.05) is 28.1 Å². The number of aryl methyl sites for hydroxylation is 3. The normalized spacial score (nSPS) is 12.6. The van der Waals surface area contributed by atoms with E-state index >= 15 is 0 Å². The van der Waals surface area contributed by atoms with Gasteiger partial charge in [-0.15, -0.1) is 11.3 Å². The molecule has 0 aliphatic heterocycles. The fourth-order valence-electron chi connectivity index (χ4n) is 2.12. The second-order valence-corrected chi connectivity index (χ2v) is 7.17. The maximum atomic E-state index is 5.15. The first-order valence-corrected chi connectivity index (χ1v) is 8.56. The summed E-state index contributed by atoms with van der Waals surface area (Å²) in [7, 11) is 1.72. The van der Waals surface area contributed by atoms with Crippen molar-refractivity contribution in [1.29, 1.82) is 0 Å². The van der Waals surface area contributed by atoms with Crippen molar-refractivity contribution in [1.82, 2.24) is 10.3 Å². The van der Waals surface area contributed by atoms with Crippen molar-refractivity contribution in [2.75, 3.05) is 20.3 Å². The van der Waals surface area contributed by atoms with E-state index in [1.807, 2.05) is 0 Å². The molecule has 114 valence electrons. The second-order valence-electron chi connectivity index (χ2n) is 5.08. The molecular weight excluding hydrogens is 348 g/mol. The van der Waals surface area contributed by atoms with Crippen LogP contribution in [0.2, 0.25) is 0 Å². The molecule has 1 heterocycles. The Hall–Kier alpha value is -0.750. The summed E-state index contributed by atoms with van der Waals surface area (Å²) in [5, 5.41) is 4.66. The highest BCUT2D eigenvalue weighted by Gasteiger charge is 2.18. The van der Waals surface area contributed by atoms with Gasteiger partial charge in [-0.2, -0.15) is 0 Å². The summed E-state index contributed by atoms with van der Waals surface area (Å²) >= 11 is 5.32. The van der Waals surface area contributed by atoms with Gasteiger partial charge in [0.05, 0.1) is 18.3 Å². The minimum atomic E-state index is 0.115. The zero-order valence-corrected chi connectivity index (χ0v) is 15.3. The molecule has 0 spiro atoms. The van der Waals surface area contributed by atoms with E-state index in [-0.39, 0.29) is 6.04 Å². The van der Waals surface area contributed by atoms with Gasteiger partial charge in [0.15, 0.2) is 0 Å². The lowest BCUT2D eigenvalue weighted by Gasteiger charge is -2.18. The number of methoxy groups -OCH3 is 1. The van der Waals surface area contributed by atoms with Crippen molar-refractivity contribution >= 4 is 27.3 Å². The molecule has 2 rings (SSSR count). The molecular formula is C16H21BrN2OS. The van der Waals surface area contributed by atoms with Crippen LogP contribution in [0.5, 0.6) is 0 Å². The van der Waals surface area contributed by atoms with Crippen LogP contribution in [-0.2, 0) is 4.74 Å². The first kappa shape index (κ1) is 16.6. The summed E-state index contributed by atoms with van der Waals surface area (Å²) < 4.78 is 6.28. The summed E-state index contributed by atoms with van der Waals surface area (Å²) in [5.74, 6) is 0. The molecule has 0 aliphatic carbocycles. The molecule has 0 bridgehead atoms. The Labute approximate surface area is 138 Å². The molecule has 0 saturated heterocycles. The fourth-order valence-corrected chi connectivity index (χ4v) is 3.40. The molecule has 1 unspecified atom stereocenters. The number of thiazole rings is 1. The van der Waals surface area contributed by atoms with Crippen LogP contribution in [0.4, 0.5) is 0 Å². The van der Waals surface area contributed by atoms with E-state index in [0.29, 0.717) is 6.61 Å². The lowest BCUT2D eigenvalue weighted by atomic mass is 10.0. The average molecular weight is 369 g/mol. The van der Waals surface area contributed by atoms with Crippen LogP contribution in [0.3, 0.4) is 0 Å². The van der Waals surface area contributed by atoms with E-state index < -0.39 is 0 Å². The van der Waals surface area contributed by atoms with E-state index in [2.05, 4.69) is 60.2 Å².